The number of hydrogen-bond acceptors (Lipinski definition) is 3. The average Bonchev–Trinajstić information content (AvgIpc) is 2.11. The van der Waals surface area contributed by atoms with Crippen molar-refractivity contribution < 1.29 is 4.79 Å². The molecule has 4 nitrogen and oxygen atoms in total. The van der Waals surface area contributed by atoms with Gasteiger partial charge in [-0.1, -0.05) is 0 Å². The van der Waals surface area contributed by atoms with Gasteiger partial charge in [0.15, 0.2) is 0 Å². The minimum atomic E-state index is 0.186. The van der Waals surface area contributed by atoms with Crippen LogP contribution in [0.2, 0.25) is 0 Å². The van der Waals surface area contributed by atoms with Gasteiger partial charge < -0.3 is 10.2 Å². The van der Waals surface area contributed by atoms with Crippen molar-refractivity contribution in [3.63, 3.8) is 0 Å². The zero-order valence-electron chi connectivity index (χ0n) is 9.58. The fourth-order valence-corrected chi connectivity index (χ4v) is 1.63. The normalized spacial score (nSPS) is 28.9. The van der Waals surface area contributed by atoms with Gasteiger partial charge in [0.1, 0.15) is 0 Å². The van der Waals surface area contributed by atoms with Crippen LogP contribution < -0.4 is 5.32 Å². The number of carbonyl (C=O) groups excluding carboxylic acids is 1. The lowest BCUT2D eigenvalue weighted by Gasteiger charge is -2.37. The lowest BCUT2D eigenvalue weighted by Crippen LogP contribution is -2.56. The van der Waals surface area contributed by atoms with Crippen molar-refractivity contribution in [2.45, 2.75) is 25.9 Å². The average molecular weight is 199 g/mol. The van der Waals surface area contributed by atoms with Gasteiger partial charge in [0, 0.05) is 39.3 Å². The molecule has 2 unspecified atom stereocenters. The Morgan fingerprint density at radius 3 is 2.71 bits per heavy atom. The summed E-state index contributed by atoms with van der Waals surface area (Å²) in [5.74, 6) is 0.186. The molecule has 1 N–H and O–H groups in total. The highest BCUT2D eigenvalue weighted by Gasteiger charge is 2.24. The summed E-state index contributed by atoms with van der Waals surface area (Å²) < 4.78 is 0. The van der Waals surface area contributed by atoms with Crippen LogP contribution in [-0.2, 0) is 4.79 Å². The van der Waals surface area contributed by atoms with Gasteiger partial charge in [-0.25, -0.2) is 0 Å². The Labute approximate surface area is 86.2 Å². The summed E-state index contributed by atoms with van der Waals surface area (Å²) in [5.41, 5.74) is 0. The van der Waals surface area contributed by atoms with Crippen LogP contribution in [-0.4, -0.2) is 61.5 Å². The van der Waals surface area contributed by atoms with E-state index in [1.54, 1.807) is 19.0 Å². The van der Waals surface area contributed by atoms with E-state index in [1.165, 1.54) is 0 Å². The summed E-state index contributed by atoms with van der Waals surface area (Å²) in [6, 6.07) is 0.941. The second-order valence-corrected chi connectivity index (χ2v) is 4.38. The van der Waals surface area contributed by atoms with Gasteiger partial charge in [-0.2, -0.15) is 0 Å². The van der Waals surface area contributed by atoms with Crippen LogP contribution in [0.15, 0.2) is 0 Å². The Balaban J connectivity index is 2.45. The van der Waals surface area contributed by atoms with Crippen LogP contribution in [0.1, 0.15) is 13.8 Å². The van der Waals surface area contributed by atoms with E-state index in [-0.39, 0.29) is 5.91 Å². The third-order valence-electron chi connectivity index (χ3n) is 2.73. The fraction of sp³-hybridized carbons (Fsp3) is 0.900. The largest absolute Gasteiger partial charge is 0.348 e. The quantitative estimate of drug-likeness (QED) is 0.666. The smallest absolute Gasteiger partial charge is 0.236 e. The van der Waals surface area contributed by atoms with Crippen molar-refractivity contribution in [2.24, 2.45) is 0 Å². The third kappa shape index (κ3) is 2.96. The first-order valence-electron chi connectivity index (χ1n) is 5.18. The van der Waals surface area contributed by atoms with Crippen molar-refractivity contribution in [3.05, 3.63) is 0 Å². The lowest BCUT2D eigenvalue weighted by molar-refractivity contribution is -0.130. The van der Waals surface area contributed by atoms with Crippen LogP contribution in [0, 0.1) is 0 Å². The minimum absolute atomic E-state index is 0.186. The third-order valence-corrected chi connectivity index (χ3v) is 2.73. The number of nitrogens with zero attached hydrogens (tertiary/aromatic N) is 2. The van der Waals surface area contributed by atoms with Crippen molar-refractivity contribution in [1.82, 2.24) is 15.1 Å². The highest BCUT2D eigenvalue weighted by Crippen LogP contribution is 2.06. The van der Waals surface area contributed by atoms with E-state index in [4.69, 9.17) is 0 Å². The Morgan fingerprint density at radius 1 is 1.50 bits per heavy atom. The van der Waals surface area contributed by atoms with Crippen LogP contribution in [0.3, 0.4) is 0 Å². The maximum Gasteiger partial charge on any atom is 0.236 e. The maximum absolute atomic E-state index is 11.5. The number of carbonyl (C=O) groups is 1. The van der Waals surface area contributed by atoms with Crippen molar-refractivity contribution >= 4 is 5.91 Å². The predicted octanol–water partition coefficient (Wildman–Crippen LogP) is -0.243. The molecule has 1 amide bonds. The molecule has 1 fully saturated rings. The molecule has 0 aliphatic carbocycles. The second-order valence-electron chi connectivity index (χ2n) is 4.38. The molecule has 0 saturated carbocycles. The molecule has 1 rings (SSSR count). The van der Waals surface area contributed by atoms with Gasteiger partial charge >= 0.3 is 0 Å². The van der Waals surface area contributed by atoms with Gasteiger partial charge in [-0.05, 0) is 13.8 Å². The van der Waals surface area contributed by atoms with E-state index in [0.29, 0.717) is 18.6 Å². The zero-order chi connectivity index (χ0) is 10.7. The van der Waals surface area contributed by atoms with Gasteiger partial charge in [0.05, 0.1) is 6.54 Å². The highest BCUT2D eigenvalue weighted by atomic mass is 16.2. The Kier molecular flexibility index (Phi) is 3.89. The summed E-state index contributed by atoms with van der Waals surface area (Å²) in [4.78, 5) is 15.4. The van der Waals surface area contributed by atoms with Crippen LogP contribution in [0.5, 0.6) is 0 Å². The van der Waals surface area contributed by atoms with E-state index < -0.39 is 0 Å². The number of piperazine rings is 1. The summed E-state index contributed by atoms with van der Waals surface area (Å²) in [6.07, 6.45) is 0. The van der Waals surface area contributed by atoms with E-state index in [1.807, 2.05) is 0 Å². The SMILES string of the molecule is CC1CN(CC(=O)N(C)C)C(C)CN1. The molecule has 1 aliphatic heterocycles. The van der Waals surface area contributed by atoms with E-state index >= 15 is 0 Å². The first-order valence-corrected chi connectivity index (χ1v) is 5.18. The van der Waals surface area contributed by atoms with Crippen molar-refractivity contribution in [2.75, 3.05) is 33.7 Å². The highest BCUT2D eigenvalue weighted by molar-refractivity contribution is 5.77. The Morgan fingerprint density at radius 2 is 2.14 bits per heavy atom. The second kappa shape index (κ2) is 4.75. The van der Waals surface area contributed by atoms with Crippen molar-refractivity contribution in [3.8, 4) is 0 Å². The van der Waals surface area contributed by atoms with E-state index in [9.17, 15) is 4.79 Å². The Hall–Kier alpha value is -0.610. The molecule has 82 valence electrons. The molecule has 0 aromatic heterocycles. The topological polar surface area (TPSA) is 35.6 Å². The van der Waals surface area contributed by atoms with Crippen LogP contribution in [0.25, 0.3) is 0 Å². The minimum Gasteiger partial charge on any atom is -0.348 e. The molecule has 0 spiro atoms. The van der Waals surface area contributed by atoms with Gasteiger partial charge in [-0.3, -0.25) is 9.69 Å². The molecular weight excluding hydrogens is 178 g/mol. The van der Waals surface area contributed by atoms with E-state index in [0.717, 1.165) is 13.1 Å². The van der Waals surface area contributed by atoms with Crippen molar-refractivity contribution in [1.29, 1.82) is 0 Å². The number of nitrogens with one attached hydrogen (secondary N) is 1. The molecule has 1 heterocycles. The molecular formula is C10H21N3O. The molecule has 2 atom stereocenters. The molecule has 0 aromatic rings. The monoisotopic (exact) mass is 199 g/mol. The Bertz CT molecular complexity index is 206. The molecule has 0 aromatic carbocycles. The zero-order valence-corrected chi connectivity index (χ0v) is 9.58. The summed E-state index contributed by atoms with van der Waals surface area (Å²) in [7, 11) is 3.61. The number of likely N-dealkylation sites (N-methyl/N-ethyl adjacent to an activating group) is 1. The van der Waals surface area contributed by atoms with Gasteiger partial charge in [0.25, 0.3) is 0 Å². The van der Waals surface area contributed by atoms with Crippen LogP contribution in [0.4, 0.5) is 0 Å². The van der Waals surface area contributed by atoms with Gasteiger partial charge in [-0.15, -0.1) is 0 Å². The first kappa shape index (κ1) is 11.5. The van der Waals surface area contributed by atoms with Gasteiger partial charge in [0.2, 0.25) is 5.91 Å². The summed E-state index contributed by atoms with van der Waals surface area (Å²) >= 11 is 0. The molecule has 14 heavy (non-hydrogen) atoms. The maximum atomic E-state index is 11.5. The standard InChI is InChI=1S/C10H21N3O/c1-8-6-13(9(2)5-11-8)7-10(14)12(3)4/h8-9,11H,5-7H2,1-4H3. The van der Waals surface area contributed by atoms with Crippen LogP contribution >= 0.6 is 0 Å². The number of rotatable bonds is 2. The molecule has 0 bridgehead atoms. The first-order chi connectivity index (χ1) is 6.50. The lowest BCUT2D eigenvalue weighted by atomic mass is 10.1. The molecule has 1 saturated heterocycles. The predicted molar refractivity (Wildman–Crippen MR) is 57.2 cm³/mol. The summed E-state index contributed by atoms with van der Waals surface area (Å²) in [6.45, 7) is 6.78. The summed E-state index contributed by atoms with van der Waals surface area (Å²) in [5, 5.41) is 3.40. The van der Waals surface area contributed by atoms with E-state index in [2.05, 4.69) is 24.1 Å². The molecule has 0 radical (unpaired) electrons. The molecule has 1 aliphatic rings. The fourth-order valence-electron chi connectivity index (χ4n) is 1.63. The number of hydrogen-bond donors (Lipinski definition) is 1. The number of amides is 1. The molecule has 4 heteroatoms.